The van der Waals surface area contributed by atoms with Crippen molar-refractivity contribution >= 4 is 29.3 Å². The zero-order chi connectivity index (χ0) is 16.4. The first-order chi connectivity index (χ1) is 11.1. The molecule has 2 aliphatic rings. The van der Waals surface area contributed by atoms with E-state index in [-0.39, 0.29) is 17.3 Å². The van der Waals surface area contributed by atoms with Crippen LogP contribution in [-0.2, 0) is 9.53 Å². The molecule has 0 saturated heterocycles. The van der Waals surface area contributed by atoms with Crippen molar-refractivity contribution in [3.63, 3.8) is 0 Å². The molecule has 1 aromatic rings. The van der Waals surface area contributed by atoms with Crippen molar-refractivity contribution in [3.05, 3.63) is 23.8 Å². The summed E-state index contributed by atoms with van der Waals surface area (Å²) in [6.07, 6.45) is 6.24. The Kier molecular flexibility index (Phi) is 4.92. The maximum absolute atomic E-state index is 12.5. The zero-order valence-electron chi connectivity index (χ0n) is 13.6. The van der Waals surface area contributed by atoms with E-state index in [1.54, 1.807) is 23.9 Å². The van der Waals surface area contributed by atoms with Gasteiger partial charge in [-0.25, -0.2) is 4.79 Å². The van der Waals surface area contributed by atoms with Gasteiger partial charge in [0.1, 0.15) is 0 Å². The van der Waals surface area contributed by atoms with Gasteiger partial charge in [-0.1, -0.05) is 18.2 Å². The van der Waals surface area contributed by atoms with Gasteiger partial charge in [-0.2, -0.15) is 0 Å². The summed E-state index contributed by atoms with van der Waals surface area (Å²) in [6.45, 7) is 0. The van der Waals surface area contributed by atoms with E-state index in [0.29, 0.717) is 17.3 Å². The van der Waals surface area contributed by atoms with Gasteiger partial charge in [-0.15, -0.1) is 0 Å². The van der Waals surface area contributed by atoms with Crippen LogP contribution in [0.3, 0.4) is 0 Å². The van der Waals surface area contributed by atoms with Gasteiger partial charge < -0.3 is 15.0 Å². The minimum atomic E-state index is -0.390. The maximum atomic E-state index is 12.5. The predicted octanol–water partition coefficient (Wildman–Crippen LogP) is 1.69. The monoisotopic (exact) mass is 335 g/mol. The van der Waals surface area contributed by atoms with E-state index in [4.69, 9.17) is 4.74 Å². The Hall–Kier alpha value is -1.53. The largest absolute Gasteiger partial charge is 0.465 e. The molecule has 1 aliphatic heterocycles. The number of esters is 1. The van der Waals surface area contributed by atoms with Crippen molar-refractivity contribution in [1.82, 2.24) is 0 Å². The first kappa shape index (κ1) is 16.3. The number of carbonyl (C=O) groups is 2. The summed E-state index contributed by atoms with van der Waals surface area (Å²) >= 11 is 1.59. The van der Waals surface area contributed by atoms with Crippen LogP contribution in [0.2, 0.25) is 0 Å². The summed E-state index contributed by atoms with van der Waals surface area (Å²) in [4.78, 5) is 26.4. The second kappa shape index (κ2) is 6.93. The molecule has 3 rings (SSSR count). The number of rotatable bonds is 3. The zero-order valence-corrected chi connectivity index (χ0v) is 14.4. The number of amides is 1. The third-order valence-electron chi connectivity index (χ3n) is 4.80. The van der Waals surface area contributed by atoms with Crippen LogP contribution in [0.25, 0.3) is 0 Å². The maximum Gasteiger partial charge on any atom is 0.337 e. The van der Waals surface area contributed by atoms with Gasteiger partial charge in [-0.3, -0.25) is 4.79 Å². The van der Waals surface area contributed by atoms with Crippen LogP contribution in [0.15, 0.2) is 23.1 Å². The highest BCUT2D eigenvalue weighted by molar-refractivity contribution is 8.00. The van der Waals surface area contributed by atoms with E-state index in [2.05, 4.69) is 12.4 Å². The van der Waals surface area contributed by atoms with Crippen LogP contribution >= 0.6 is 11.8 Å². The first-order valence-electron chi connectivity index (χ1n) is 8.13. The van der Waals surface area contributed by atoms with Crippen LogP contribution in [0.4, 0.5) is 5.69 Å². The lowest BCUT2D eigenvalue weighted by atomic mass is 9.94. The molecule has 2 atom stereocenters. The molecule has 23 heavy (non-hydrogen) atoms. The number of nitrogens with one attached hydrogen (secondary N) is 2. The number of ether oxygens (including phenoxy) is 1. The topological polar surface area (TPSA) is 59.8 Å². The third kappa shape index (κ3) is 3.38. The van der Waals surface area contributed by atoms with Crippen LogP contribution < -0.4 is 10.2 Å². The Balaban J connectivity index is 1.77. The molecule has 1 aliphatic carbocycles. The molecule has 1 fully saturated rings. The van der Waals surface area contributed by atoms with Gasteiger partial charge in [0, 0.05) is 4.90 Å². The van der Waals surface area contributed by atoms with E-state index in [1.807, 2.05) is 6.07 Å². The number of carbonyl (C=O) groups excluding carboxylic acids is 2. The number of methoxy groups -OCH3 is 1. The van der Waals surface area contributed by atoms with Gasteiger partial charge >= 0.3 is 5.97 Å². The number of benzene rings is 1. The summed E-state index contributed by atoms with van der Waals surface area (Å²) in [5.41, 5.74) is 1.16. The Morgan fingerprint density at radius 2 is 2.04 bits per heavy atom. The quantitative estimate of drug-likeness (QED) is 0.826. The molecule has 1 aromatic carbocycles. The van der Waals surface area contributed by atoms with Crippen molar-refractivity contribution in [1.29, 1.82) is 0 Å². The fourth-order valence-corrected chi connectivity index (χ4v) is 4.61. The second-order valence-electron chi connectivity index (χ2n) is 6.27. The molecule has 0 aromatic heterocycles. The first-order valence-corrected chi connectivity index (χ1v) is 9.01. The Labute approximate surface area is 140 Å². The van der Waals surface area contributed by atoms with Gasteiger partial charge in [0.15, 0.2) is 0 Å². The summed E-state index contributed by atoms with van der Waals surface area (Å²) in [5.74, 6) is -0.369. The highest BCUT2D eigenvalue weighted by atomic mass is 32.2. The fraction of sp³-hybridized carbons (Fsp3) is 0.529. The number of likely N-dealkylation sites (N-methyl/N-ethyl adjacent to an activating group) is 1. The van der Waals surface area contributed by atoms with E-state index in [1.165, 1.54) is 44.1 Å². The lowest BCUT2D eigenvalue weighted by molar-refractivity contribution is -0.908. The molecular formula is C17H23N2O3S+. The van der Waals surface area contributed by atoms with Crippen LogP contribution in [-0.4, -0.2) is 37.4 Å². The number of fused-ring (bicyclic) bond motifs is 1. The molecule has 6 heteroatoms. The third-order valence-corrected chi connectivity index (χ3v) is 6.24. The minimum absolute atomic E-state index is 0.0209. The molecule has 124 valence electrons. The smallest absolute Gasteiger partial charge is 0.337 e. The van der Waals surface area contributed by atoms with Crippen molar-refractivity contribution in [2.24, 2.45) is 0 Å². The Bertz CT molecular complexity index is 614. The van der Waals surface area contributed by atoms with Crippen LogP contribution in [0.1, 0.15) is 42.5 Å². The number of quaternary nitrogens is 1. The molecule has 0 spiro atoms. The summed E-state index contributed by atoms with van der Waals surface area (Å²) in [7, 11) is 3.48. The SMILES string of the molecule is COC(=O)c1ccc2c(c1)NC(=O)C([NH+](C)C1CCCCC1)S2. The van der Waals surface area contributed by atoms with E-state index >= 15 is 0 Å². The van der Waals surface area contributed by atoms with E-state index in [0.717, 1.165) is 4.90 Å². The van der Waals surface area contributed by atoms with Crippen molar-refractivity contribution in [3.8, 4) is 0 Å². The van der Waals surface area contributed by atoms with Crippen molar-refractivity contribution < 1.29 is 19.2 Å². The van der Waals surface area contributed by atoms with Crippen molar-refractivity contribution in [2.75, 3.05) is 19.5 Å². The average molecular weight is 335 g/mol. The van der Waals surface area contributed by atoms with E-state index in [9.17, 15) is 9.59 Å². The Morgan fingerprint density at radius 3 is 2.74 bits per heavy atom. The highest BCUT2D eigenvalue weighted by Crippen LogP contribution is 2.34. The number of hydrogen-bond acceptors (Lipinski definition) is 4. The molecule has 2 N–H and O–H groups in total. The van der Waals surface area contributed by atoms with Gasteiger partial charge in [0.2, 0.25) is 5.37 Å². The summed E-state index contributed by atoms with van der Waals surface area (Å²) in [6, 6.07) is 5.90. The summed E-state index contributed by atoms with van der Waals surface area (Å²) in [5, 5.41) is 2.83. The molecule has 0 radical (unpaired) electrons. The number of anilines is 1. The predicted molar refractivity (Wildman–Crippen MR) is 89.8 cm³/mol. The number of thioether (sulfide) groups is 1. The van der Waals surface area contributed by atoms with Crippen LogP contribution in [0.5, 0.6) is 0 Å². The molecule has 2 unspecified atom stereocenters. The molecule has 5 nitrogen and oxygen atoms in total. The minimum Gasteiger partial charge on any atom is -0.465 e. The number of hydrogen-bond donors (Lipinski definition) is 2. The van der Waals surface area contributed by atoms with Gasteiger partial charge in [0.05, 0.1) is 31.5 Å². The lowest BCUT2D eigenvalue weighted by Crippen LogP contribution is -3.17. The van der Waals surface area contributed by atoms with Crippen molar-refractivity contribution in [2.45, 2.75) is 48.4 Å². The fourth-order valence-electron chi connectivity index (χ4n) is 3.43. The standard InChI is InChI=1S/C17H22N2O3S/c1-19(12-6-4-3-5-7-12)16-15(20)18-13-10-11(17(21)22-2)8-9-14(13)23-16/h8-10,12,16H,3-7H2,1-2H3,(H,18,20)/p+1. The Morgan fingerprint density at radius 1 is 1.30 bits per heavy atom. The summed E-state index contributed by atoms with van der Waals surface area (Å²) < 4.78 is 4.73. The normalized spacial score (nSPS) is 22.9. The van der Waals surface area contributed by atoms with Gasteiger partial charge in [-0.05, 0) is 43.9 Å². The molecule has 1 saturated carbocycles. The molecular weight excluding hydrogens is 312 g/mol. The molecule has 1 heterocycles. The van der Waals surface area contributed by atoms with E-state index < -0.39 is 0 Å². The van der Waals surface area contributed by atoms with Gasteiger partial charge in [0.25, 0.3) is 5.91 Å². The highest BCUT2D eigenvalue weighted by Gasteiger charge is 2.37. The molecule has 0 bridgehead atoms. The molecule has 1 amide bonds. The second-order valence-corrected chi connectivity index (χ2v) is 7.42. The average Bonchev–Trinajstić information content (AvgIpc) is 2.60. The van der Waals surface area contributed by atoms with Crippen LogP contribution in [0, 0.1) is 0 Å². The lowest BCUT2D eigenvalue weighted by Gasteiger charge is -2.35.